The number of anilines is 2. The van der Waals surface area contributed by atoms with Crippen molar-refractivity contribution in [1.82, 2.24) is 0 Å². The molecule has 2 nitrogen and oxygen atoms in total. The van der Waals surface area contributed by atoms with Crippen LogP contribution in [0.15, 0.2) is 36.4 Å². The number of nitrogens with one attached hydrogen (secondary N) is 2. The molecule has 0 heterocycles. The Bertz CT molecular complexity index is 1460. The minimum atomic E-state index is -0.0117. The lowest BCUT2D eigenvalue weighted by Gasteiger charge is -2.33. The Kier molecular flexibility index (Phi) is 9.07. The second-order valence-corrected chi connectivity index (χ2v) is 13.1. The predicted molar refractivity (Wildman–Crippen MR) is 190 cm³/mol. The van der Waals surface area contributed by atoms with Crippen molar-refractivity contribution in [3.63, 3.8) is 0 Å². The Morgan fingerprint density at radius 3 is 0.810 bits per heavy atom. The normalized spacial score (nSPS) is 11.1. The van der Waals surface area contributed by atoms with Gasteiger partial charge in [0.25, 0.3) is 13.5 Å². The van der Waals surface area contributed by atoms with Crippen LogP contribution in [0.5, 0.6) is 0 Å². The third-order valence-corrected chi connectivity index (χ3v) is 9.76. The van der Waals surface area contributed by atoms with E-state index in [0.29, 0.717) is 0 Å². The third kappa shape index (κ3) is 5.91. The second-order valence-electron chi connectivity index (χ2n) is 13.1. The number of aryl methyl sites for hydroxylation is 10. The SMILES string of the molecule is Cc1cc(C)c(NB(B(Nc2c(C)cc(C)cc2C)c2c(C)c(C)cc(C)c2C)c2c(C)c(C)cc(C)c2C)c(C)c1. The molecule has 0 bridgehead atoms. The average Bonchev–Trinajstić information content (AvgIpc) is 2.88. The van der Waals surface area contributed by atoms with Crippen LogP contribution in [0.1, 0.15) is 77.9 Å². The van der Waals surface area contributed by atoms with Gasteiger partial charge in [-0.3, -0.25) is 0 Å². The van der Waals surface area contributed by atoms with Gasteiger partial charge in [-0.25, -0.2) is 0 Å². The molecule has 4 aromatic rings. The van der Waals surface area contributed by atoms with Gasteiger partial charge in [0.1, 0.15) is 0 Å². The maximum absolute atomic E-state index is 4.20. The molecule has 0 saturated carbocycles. The molecule has 42 heavy (non-hydrogen) atoms. The van der Waals surface area contributed by atoms with Gasteiger partial charge in [0.2, 0.25) is 0 Å². The van der Waals surface area contributed by atoms with Crippen LogP contribution in [0.4, 0.5) is 11.4 Å². The zero-order chi connectivity index (χ0) is 31.2. The van der Waals surface area contributed by atoms with E-state index in [1.54, 1.807) is 0 Å². The lowest BCUT2D eigenvalue weighted by atomic mass is 9.14. The molecule has 0 radical (unpaired) electrons. The molecule has 0 aromatic heterocycles. The first-order valence-electron chi connectivity index (χ1n) is 15.5. The molecule has 0 saturated heterocycles. The van der Waals surface area contributed by atoms with E-state index in [-0.39, 0.29) is 13.5 Å². The fourth-order valence-corrected chi connectivity index (χ4v) is 7.20. The topological polar surface area (TPSA) is 24.1 Å². The highest BCUT2D eigenvalue weighted by atomic mass is 14.9. The quantitative estimate of drug-likeness (QED) is 0.224. The van der Waals surface area contributed by atoms with Crippen molar-refractivity contribution in [2.75, 3.05) is 10.5 Å². The summed E-state index contributed by atoms with van der Waals surface area (Å²) in [6, 6.07) is 13.9. The molecule has 0 aliphatic rings. The maximum Gasteiger partial charge on any atom is 0.283 e. The summed E-state index contributed by atoms with van der Waals surface area (Å²) in [5, 5.41) is 8.39. The zero-order valence-corrected chi connectivity index (χ0v) is 28.6. The Balaban J connectivity index is 2.12. The fourth-order valence-electron chi connectivity index (χ4n) is 7.20. The van der Waals surface area contributed by atoms with E-state index in [2.05, 4.69) is 144 Å². The predicted octanol–water partition coefficient (Wildman–Crippen LogP) is 8.40. The molecule has 0 atom stereocenters. The minimum Gasteiger partial charge on any atom is -0.427 e. The summed E-state index contributed by atoms with van der Waals surface area (Å²) in [4.78, 5) is 0. The fraction of sp³-hybridized carbons (Fsp3) is 0.368. The van der Waals surface area contributed by atoms with Crippen molar-refractivity contribution >= 4 is 35.8 Å². The van der Waals surface area contributed by atoms with Crippen molar-refractivity contribution in [3.05, 3.63) is 114 Å². The van der Waals surface area contributed by atoms with Crippen LogP contribution in [-0.4, -0.2) is 13.5 Å². The summed E-state index contributed by atoms with van der Waals surface area (Å²) in [6.07, 6.45) is 0. The minimum absolute atomic E-state index is 0.0117. The molecular weight excluding hydrogens is 506 g/mol. The van der Waals surface area contributed by atoms with Crippen molar-refractivity contribution < 1.29 is 0 Å². The number of benzene rings is 4. The zero-order valence-electron chi connectivity index (χ0n) is 28.6. The van der Waals surface area contributed by atoms with E-state index >= 15 is 0 Å². The van der Waals surface area contributed by atoms with E-state index in [0.717, 1.165) is 0 Å². The van der Waals surface area contributed by atoms with Crippen molar-refractivity contribution in [2.45, 2.75) is 96.9 Å². The van der Waals surface area contributed by atoms with Gasteiger partial charge in [-0.15, -0.1) is 0 Å². The van der Waals surface area contributed by atoms with E-state index < -0.39 is 0 Å². The van der Waals surface area contributed by atoms with Crippen LogP contribution in [0.25, 0.3) is 0 Å². The van der Waals surface area contributed by atoms with Gasteiger partial charge in [0.15, 0.2) is 0 Å². The van der Waals surface area contributed by atoms with Gasteiger partial charge in [-0.1, -0.05) is 80.7 Å². The lowest BCUT2D eigenvalue weighted by Crippen LogP contribution is -2.64. The molecule has 0 spiro atoms. The Morgan fingerprint density at radius 1 is 0.333 bits per heavy atom. The van der Waals surface area contributed by atoms with E-state index in [1.807, 2.05) is 0 Å². The molecule has 0 aliphatic heterocycles. The lowest BCUT2D eigenvalue weighted by molar-refractivity contribution is 1.26. The van der Waals surface area contributed by atoms with Gasteiger partial charge >= 0.3 is 0 Å². The summed E-state index contributed by atoms with van der Waals surface area (Å²) in [7, 11) is 0. The van der Waals surface area contributed by atoms with Gasteiger partial charge in [0.05, 0.1) is 0 Å². The molecule has 4 rings (SSSR count). The van der Waals surface area contributed by atoms with E-state index in [9.17, 15) is 0 Å². The summed E-state index contributed by atoms with van der Waals surface area (Å²) >= 11 is 0. The van der Waals surface area contributed by atoms with Crippen LogP contribution >= 0.6 is 0 Å². The van der Waals surface area contributed by atoms with E-state index in [4.69, 9.17) is 0 Å². The standard InChI is InChI=1S/C38H50B2N2/c1-21-15-27(7)37(28(8)16-21)41-39(35-31(11)23(3)19-24(4)32(35)12)40(36-33(13)25(5)20-26(6)34(36)14)42-38-29(9)17-22(2)18-30(38)10/h15-20,41-42H,1-14H3. The van der Waals surface area contributed by atoms with Crippen LogP contribution in [-0.2, 0) is 0 Å². The van der Waals surface area contributed by atoms with Gasteiger partial charge in [0, 0.05) is 11.4 Å². The highest BCUT2D eigenvalue weighted by molar-refractivity contribution is 7.35. The van der Waals surface area contributed by atoms with Crippen LogP contribution in [0, 0.1) is 96.9 Å². The summed E-state index contributed by atoms with van der Waals surface area (Å²) in [6.45, 7) is 31.6. The largest absolute Gasteiger partial charge is 0.427 e. The molecule has 218 valence electrons. The maximum atomic E-state index is 4.20. The molecular formula is C38H50B2N2. The summed E-state index contributed by atoms with van der Waals surface area (Å²) in [5.41, 5.74) is 23.8. The van der Waals surface area contributed by atoms with Crippen molar-refractivity contribution in [3.8, 4) is 0 Å². The first kappa shape index (κ1) is 31.5. The highest BCUT2D eigenvalue weighted by Gasteiger charge is 2.40. The monoisotopic (exact) mass is 556 g/mol. The molecule has 2 N–H and O–H groups in total. The number of rotatable bonds is 7. The van der Waals surface area contributed by atoms with Gasteiger partial charge < -0.3 is 10.5 Å². The third-order valence-electron chi connectivity index (χ3n) is 9.76. The smallest absolute Gasteiger partial charge is 0.283 e. The summed E-state index contributed by atoms with van der Waals surface area (Å²) < 4.78 is 0. The Morgan fingerprint density at radius 2 is 0.571 bits per heavy atom. The van der Waals surface area contributed by atoms with Gasteiger partial charge in [-0.2, -0.15) is 0 Å². The molecule has 0 aliphatic carbocycles. The van der Waals surface area contributed by atoms with E-state index in [1.165, 1.54) is 100 Å². The Hall–Kier alpha value is -3.39. The van der Waals surface area contributed by atoms with Crippen LogP contribution in [0.3, 0.4) is 0 Å². The molecule has 0 unspecified atom stereocenters. The first-order valence-corrected chi connectivity index (χ1v) is 15.5. The van der Waals surface area contributed by atoms with Crippen molar-refractivity contribution in [1.29, 1.82) is 0 Å². The molecule has 4 heteroatoms. The number of hydrogen-bond donors (Lipinski definition) is 2. The van der Waals surface area contributed by atoms with Crippen LogP contribution in [0.2, 0.25) is 0 Å². The molecule has 4 aromatic carbocycles. The van der Waals surface area contributed by atoms with Crippen molar-refractivity contribution in [2.24, 2.45) is 0 Å². The molecule has 0 amide bonds. The van der Waals surface area contributed by atoms with Crippen LogP contribution < -0.4 is 21.4 Å². The van der Waals surface area contributed by atoms with Gasteiger partial charge in [-0.05, 0) is 141 Å². The first-order chi connectivity index (χ1) is 19.6. The summed E-state index contributed by atoms with van der Waals surface area (Å²) in [5.74, 6) is 0. The highest BCUT2D eigenvalue weighted by Crippen LogP contribution is 2.27. The second kappa shape index (κ2) is 12.1. The Labute approximate surface area is 256 Å². The average molecular weight is 556 g/mol. The molecule has 0 fully saturated rings. The number of hydrogen-bond acceptors (Lipinski definition) is 2.